The third-order valence-corrected chi connectivity index (χ3v) is 2.82. The van der Waals surface area contributed by atoms with Crippen LogP contribution in [-0.4, -0.2) is 30.1 Å². The van der Waals surface area contributed by atoms with Crippen LogP contribution in [0, 0.1) is 0 Å². The Bertz CT molecular complexity index is 193. The van der Waals surface area contributed by atoms with Crippen molar-refractivity contribution in [1.29, 1.82) is 0 Å². The van der Waals surface area contributed by atoms with Crippen LogP contribution in [0.15, 0.2) is 0 Å². The Balaban J connectivity index is 3.61. The molecule has 0 aromatic heterocycles. The summed E-state index contributed by atoms with van der Waals surface area (Å²) < 4.78 is 10.5. The lowest BCUT2D eigenvalue weighted by Gasteiger charge is -2.22. The zero-order valence-corrected chi connectivity index (χ0v) is 12.1. The Labute approximate surface area is 107 Å². The zero-order chi connectivity index (χ0) is 12.4. The van der Waals surface area contributed by atoms with Gasteiger partial charge in [-0.2, -0.15) is 0 Å². The molecule has 0 N–H and O–H groups in total. The van der Waals surface area contributed by atoms with Gasteiger partial charge in [-0.15, -0.1) is 0 Å². The maximum Gasteiger partial charge on any atom is 0.337 e. The molecular formula is C12H23BrO3. The summed E-state index contributed by atoms with van der Waals surface area (Å²) in [6.07, 6.45) is 4.54. The van der Waals surface area contributed by atoms with Crippen LogP contribution >= 0.6 is 15.9 Å². The van der Waals surface area contributed by atoms with Crippen LogP contribution in [0.4, 0.5) is 0 Å². The highest BCUT2D eigenvalue weighted by Gasteiger charge is 2.29. The fourth-order valence-electron chi connectivity index (χ4n) is 1.24. The van der Waals surface area contributed by atoms with Crippen molar-refractivity contribution in [2.24, 2.45) is 0 Å². The van der Waals surface area contributed by atoms with Crippen molar-refractivity contribution in [3.05, 3.63) is 0 Å². The predicted molar refractivity (Wildman–Crippen MR) is 68.9 cm³/mol. The van der Waals surface area contributed by atoms with Crippen molar-refractivity contribution in [2.75, 3.05) is 18.5 Å². The van der Waals surface area contributed by atoms with Crippen molar-refractivity contribution >= 4 is 21.9 Å². The van der Waals surface area contributed by atoms with Gasteiger partial charge in [-0.05, 0) is 33.6 Å². The first-order chi connectivity index (χ1) is 7.54. The largest absolute Gasteiger partial charge is 0.464 e. The van der Waals surface area contributed by atoms with Crippen LogP contribution in [0.5, 0.6) is 0 Å². The van der Waals surface area contributed by atoms with Gasteiger partial charge in [-0.3, -0.25) is 0 Å². The van der Waals surface area contributed by atoms with Crippen LogP contribution in [0.25, 0.3) is 0 Å². The summed E-state index contributed by atoms with van der Waals surface area (Å²) in [6.45, 7) is 6.33. The first-order valence-electron chi connectivity index (χ1n) is 5.91. The van der Waals surface area contributed by atoms with E-state index in [9.17, 15) is 4.79 Å². The fourth-order valence-corrected chi connectivity index (χ4v) is 1.64. The topological polar surface area (TPSA) is 35.5 Å². The molecule has 0 rings (SSSR count). The molecule has 0 heterocycles. The van der Waals surface area contributed by atoms with E-state index in [1.54, 1.807) is 20.8 Å². The average molecular weight is 295 g/mol. The minimum absolute atomic E-state index is 0.282. The van der Waals surface area contributed by atoms with Crippen molar-refractivity contribution < 1.29 is 14.3 Å². The first kappa shape index (κ1) is 15.9. The van der Waals surface area contributed by atoms with Gasteiger partial charge in [0.15, 0.2) is 5.60 Å². The molecule has 0 bridgehead atoms. The Morgan fingerprint density at radius 3 is 2.38 bits per heavy atom. The number of esters is 1. The lowest BCUT2D eigenvalue weighted by Crippen LogP contribution is -2.37. The van der Waals surface area contributed by atoms with Gasteiger partial charge in [-0.1, -0.05) is 28.8 Å². The molecule has 0 amide bonds. The highest BCUT2D eigenvalue weighted by Crippen LogP contribution is 2.13. The standard InChI is InChI=1S/C12H23BrO3/c1-4-15-11(14)12(2,3)16-10-8-6-5-7-9-13/h4-10H2,1-3H3. The molecule has 0 saturated heterocycles. The van der Waals surface area contributed by atoms with Crippen LogP contribution in [-0.2, 0) is 14.3 Å². The average Bonchev–Trinajstić information content (AvgIpc) is 2.23. The maximum absolute atomic E-state index is 11.5. The van der Waals surface area contributed by atoms with E-state index < -0.39 is 5.60 Å². The molecule has 0 unspecified atom stereocenters. The van der Waals surface area contributed by atoms with E-state index in [4.69, 9.17) is 9.47 Å². The van der Waals surface area contributed by atoms with Gasteiger partial charge in [0.25, 0.3) is 0 Å². The third kappa shape index (κ3) is 7.23. The fraction of sp³-hybridized carbons (Fsp3) is 0.917. The van der Waals surface area contributed by atoms with Gasteiger partial charge in [0.2, 0.25) is 0 Å². The number of alkyl halides is 1. The van der Waals surface area contributed by atoms with E-state index in [1.165, 1.54) is 12.8 Å². The summed E-state index contributed by atoms with van der Waals surface area (Å²) in [7, 11) is 0. The molecule has 0 aliphatic carbocycles. The molecule has 0 radical (unpaired) electrons. The highest BCUT2D eigenvalue weighted by atomic mass is 79.9. The summed E-state index contributed by atoms with van der Waals surface area (Å²) in [5.41, 5.74) is -0.814. The second-order valence-corrected chi connectivity index (χ2v) is 4.98. The monoisotopic (exact) mass is 294 g/mol. The van der Waals surface area contributed by atoms with Gasteiger partial charge >= 0.3 is 5.97 Å². The minimum atomic E-state index is -0.814. The molecule has 0 fully saturated rings. The van der Waals surface area contributed by atoms with Crippen molar-refractivity contribution in [3.8, 4) is 0 Å². The van der Waals surface area contributed by atoms with Crippen LogP contribution in [0.2, 0.25) is 0 Å². The lowest BCUT2D eigenvalue weighted by molar-refractivity contribution is -0.167. The van der Waals surface area contributed by atoms with Crippen LogP contribution < -0.4 is 0 Å². The number of unbranched alkanes of at least 4 members (excludes halogenated alkanes) is 3. The van der Waals surface area contributed by atoms with E-state index in [1.807, 2.05) is 0 Å². The van der Waals surface area contributed by atoms with E-state index in [-0.39, 0.29) is 5.97 Å². The molecule has 0 aliphatic heterocycles. The summed E-state index contributed by atoms with van der Waals surface area (Å²) in [6, 6.07) is 0. The molecule has 0 spiro atoms. The second-order valence-electron chi connectivity index (χ2n) is 4.18. The number of carbonyl (C=O) groups is 1. The maximum atomic E-state index is 11.5. The van der Waals surface area contributed by atoms with Crippen LogP contribution in [0.1, 0.15) is 46.5 Å². The predicted octanol–water partition coefficient (Wildman–Crippen LogP) is 3.30. The Morgan fingerprint density at radius 2 is 1.81 bits per heavy atom. The number of carbonyl (C=O) groups excluding carboxylic acids is 1. The van der Waals surface area contributed by atoms with Crippen LogP contribution in [0.3, 0.4) is 0 Å². The van der Waals surface area contributed by atoms with Gasteiger partial charge in [0, 0.05) is 11.9 Å². The van der Waals surface area contributed by atoms with Gasteiger partial charge in [0.1, 0.15) is 0 Å². The molecular weight excluding hydrogens is 272 g/mol. The normalized spacial score (nSPS) is 11.5. The summed E-state index contributed by atoms with van der Waals surface area (Å²) in [4.78, 5) is 11.5. The lowest BCUT2D eigenvalue weighted by atomic mass is 10.1. The molecule has 0 aromatic rings. The number of hydrogen-bond acceptors (Lipinski definition) is 3. The molecule has 4 heteroatoms. The number of halogens is 1. The number of hydrogen-bond donors (Lipinski definition) is 0. The molecule has 16 heavy (non-hydrogen) atoms. The first-order valence-corrected chi connectivity index (χ1v) is 7.04. The second kappa shape index (κ2) is 8.99. The van der Waals surface area contributed by atoms with Crippen molar-refractivity contribution in [3.63, 3.8) is 0 Å². The minimum Gasteiger partial charge on any atom is -0.464 e. The molecule has 0 atom stereocenters. The van der Waals surface area contributed by atoms with Crippen molar-refractivity contribution in [2.45, 2.75) is 52.1 Å². The molecule has 0 aliphatic rings. The highest BCUT2D eigenvalue weighted by molar-refractivity contribution is 9.09. The molecule has 0 saturated carbocycles. The van der Waals surface area contributed by atoms with Gasteiger partial charge in [0.05, 0.1) is 6.61 Å². The Morgan fingerprint density at radius 1 is 1.19 bits per heavy atom. The molecule has 3 nitrogen and oxygen atoms in total. The summed E-state index contributed by atoms with van der Waals surface area (Å²) >= 11 is 3.39. The van der Waals surface area contributed by atoms with E-state index >= 15 is 0 Å². The SMILES string of the molecule is CCOC(=O)C(C)(C)OCCCCCCBr. The number of ether oxygens (including phenoxy) is 2. The van der Waals surface area contributed by atoms with Crippen molar-refractivity contribution in [1.82, 2.24) is 0 Å². The Kier molecular flexibility index (Phi) is 8.94. The number of rotatable bonds is 9. The van der Waals surface area contributed by atoms with E-state index in [0.717, 1.165) is 18.2 Å². The quantitative estimate of drug-likeness (QED) is 0.372. The zero-order valence-electron chi connectivity index (χ0n) is 10.6. The Hall–Kier alpha value is -0.0900. The van der Waals surface area contributed by atoms with E-state index in [0.29, 0.717) is 13.2 Å². The molecule has 96 valence electrons. The summed E-state index contributed by atoms with van der Waals surface area (Å²) in [5.74, 6) is -0.282. The van der Waals surface area contributed by atoms with Gasteiger partial charge in [-0.25, -0.2) is 4.79 Å². The van der Waals surface area contributed by atoms with E-state index in [2.05, 4.69) is 15.9 Å². The molecule has 0 aromatic carbocycles. The smallest absolute Gasteiger partial charge is 0.337 e. The summed E-state index contributed by atoms with van der Waals surface area (Å²) in [5, 5.41) is 1.06. The van der Waals surface area contributed by atoms with Gasteiger partial charge < -0.3 is 9.47 Å². The third-order valence-electron chi connectivity index (χ3n) is 2.26.